The number of esters is 1. The molecule has 1 unspecified atom stereocenters. The van der Waals surface area contributed by atoms with E-state index >= 15 is 0 Å². The number of amides is 1. The van der Waals surface area contributed by atoms with Gasteiger partial charge in [-0.15, -0.1) is 0 Å². The minimum absolute atomic E-state index is 0.0141. The Kier molecular flexibility index (Phi) is 7.95. The molecule has 2 aromatic rings. The molecule has 0 heterocycles. The number of benzene rings is 2. The Bertz CT molecular complexity index is 911. The standard InChI is InChI=1S/C22H23ClF3NO4/c1-21(2,3)31-19(28)18(27-20(29)30-13-14-7-5-4-6-8-14)12-15-9-10-16(17(23)11-15)22(24,25)26/h4-11,18H,12-13H2,1-3H3,(H,27,29). The van der Waals surface area contributed by atoms with E-state index < -0.39 is 40.5 Å². The highest BCUT2D eigenvalue weighted by Gasteiger charge is 2.33. The van der Waals surface area contributed by atoms with Crippen LogP contribution >= 0.6 is 11.6 Å². The van der Waals surface area contributed by atoms with Crippen molar-refractivity contribution in [3.63, 3.8) is 0 Å². The van der Waals surface area contributed by atoms with Crippen molar-refractivity contribution in [2.24, 2.45) is 0 Å². The quantitative estimate of drug-likeness (QED) is 0.578. The lowest BCUT2D eigenvalue weighted by Crippen LogP contribution is -2.45. The molecule has 0 spiro atoms. The molecule has 0 saturated carbocycles. The van der Waals surface area contributed by atoms with Gasteiger partial charge in [-0.2, -0.15) is 13.2 Å². The van der Waals surface area contributed by atoms with Gasteiger partial charge >= 0.3 is 18.2 Å². The first-order valence-corrected chi connectivity index (χ1v) is 9.78. The van der Waals surface area contributed by atoms with Gasteiger partial charge in [0.15, 0.2) is 0 Å². The smallest absolute Gasteiger partial charge is 0.417 e. The van der Waals surface area contributed by atoms with E-state index in [1.54, 1.807) is 45.0 Å². The average Bonchev–Trinajstić information content (AvgIpc) is 2.64. The molecule has 168 valence electrons. The van der Waals surface area contributed by atoms with Gasteiger partial charge in [-0.25, -0.2) is 9.59 Å². The fourth-order valence-corrected chi connectivity index (χ4v) is 2.93. The highest BCUT2D eigenvalue weighted by atomic mass is 35.5. The summed E-state index contributed by atoms with van der Waals surface area (Å²) in [5.41, 5.74) is -0.747. The van der Waals surface area contributed by atoms with Crippen molar-refractivity contribution < 1.29 is 32.2 Å². The zero-order valence-electron chi connectivity index (χ0n) is 17.3. The number of nitrogens with one attached hydrogen (secondary N) is 1. The molecule has 0 aliphatic heterocycles. The van der Waals surface area contributed by atoms with Crippen molar-refractivity contribution in [2.75, 3.05) is 0 Å². The first kappa shape index (κ1) is 24.5. The summed E-state index contributed by atoms with van der Waals surface area (Å²) in [7, 11) is 0. The molecule has 2 aromatic carbocycles. The van der Waals surface area contributed by atoms with Gasteiger partial charge in [-0.05, 0) is 44.0 Å². The lowest BCUT2D eigenvalue weighted by molar-refractivity contribution is -0.157. The first-order valence-electron chi connectivity index (χ1n) is 9.41. The van der Waals surface area contributed by atoms with Gasteiger partial charge in [0, 0.05) is 6.42 Å². The molecule has 0 saturated heterocycles. The molecule has 5 nitrogen and oxygen atoms in total. The molecule has 0 bridgehead atoms. The largest absolute Gasteiger partial charge is 0.458 e. The van der Waals surface area contributed by atoms with Crippen LogP contribution in [0.4, 0.5) is 18.0 Å². The summed E-state index contributed by atoms with van der Waals surface area (Å²) in [6, 6.07) is 10.9. The monoisotopic (exact) mass is 457 g/mol. The first-order chi connectivity index (χ1) is 14.3. The number of alkyl halides is 3. The Morgan fingerprint density at radius 2 is 1.68 bits per heavy atom. The number of ether oxygens (including phenoxy) is 2. The van der Waals surface area contributed by atoms with Gasteiger partial charge in [0.05, 0.1) is 10.6 Å². The second-order valence-corrected chi connectivity index (χ2v) is 8.22. The van der Waals surface area contributed by atoms with Gasteiger partial charge in [-0.3, -0.25) is 0 Å². The van der Waals surface area contributed by atoms with Crippen LogP contribution in [0.2, 0.25) is 5.02 Å². The highest BCUT2D eigenvalue weighted by molar-refractivity contribution is 6.31. The Morgan fingerprint density at radius 1 is 1.03 bits per heavy atom. The Morgan fingerprint density at radius 3 is 2.23 bits per heavy atom. The summed E-state index contributed by atoms with van der Waals surface area (Å²) < 4.78 is 49.2. The third-order valence-corrected chi connectivity index (χ3v) is 4.29. The fourth-order valence-electron chi connectivity index (χ4n) is 2.62. The summed E-state index contributed by atoms with van der Waals surface area (Å²) in [4.78, 5) is 24.8. The fraction of sp³-hybridized carbons (Fsp3) is 0.364. The van der Waals surface area contributed by atoms with E-state index in [9.17, 15) is 22.8 Å². The second kappa shape index (κ2) is 10.0. The van der Waals surface area contributed by atoms with Gasteiger partial charge < -0.3 is 14.8 Å². The number of hydrogen-bond acceptors (Lipinski definition) is 4. The van der Waals surface area contributed by atoms with Crippen molar-refractivity contribution in [3.05, 3.63) is 70.2 Å². The summed E-state index contributed by atoms with van der Waals surface area (Å²) in [6.07, 6.45) is -5.59. The van der Waals surface area contributed by atoms with Crippen LogP contribution in [0.3, 0.4) is 0 Å². The number of alkyl carbamates (subject to hydrolysis) is 1. The molecule has 0 aliphatic carbocycles. The topological polar surface area (TPSA) is 64.6 Å². The van der Waals surface area contributed by atoms with E-state index in [1.807, 2.05) is 6.07 Å². The number of carbonyl (C=O) groups excluding carboxylic acids is 2. The van der Waals surface area contributed by atoms with Crippen LogP contribution in [-0.4, -0.2) is 23.7 Å². The normalized spacial score (nSPS) is 12.7. The van der Waals surface area contributed by atoms with E-state index in [0.29, 0.717) is 5.56 Å². The van der Waals surface area contributed by atoms with Crippen LogP contribution in [0.5, 0.6) is 0 Å². The molecule has 0 fully saturated rings. The minimum Gasteiger partial charge on any atom is -0.458 e. The summed E-state index contributed by atoms with van der Waals surface area (Å²) in [6.45, 7) is 4.96. The average molecular weight is 458 g/mol. The molecule has 1 amide bonds. The molecule has 0 aromatic heterocycles. The van der Waals surface area contributed by atoms with Crippen LogP contribution in [-0.2, 0) is 33.5 Å². The number of carbonyl (C=O) groups is 2. The highest BCUT2D eigenvalue weighted by Crippen LogP contribution is 2.35. The van der Waals surface area contributed by atoms with Gasteiger partial charge in [0.25, 0.3) is 0 Å². The maximum Gasteiger partial charge on any atom is 0.417 e. The number of hydrogen-bond donors (Lipinski definition) is 1. The van der Waals surface area contributed by atoms with Crippen LogP contribution < -0.4 is 5.32 Å². The van der Waals surface area contributed by atoms with E-state index in [1.165, 1.54) is 6.07 Å². The molecule has 2 rings (SSSR count). The van der Waals surface area contributed by atoms with E-state index in [4.69, 9.17) is 21.1 Å². The number of halogens is 4. The Balaban J connectivity index is 2.13. The lowest BCUT2D eigenvalue weighted by Gasteiger charge is -2.24. The van der Waals surface area contributed by atoms with Crippen LogP contribution in [0.15, 0.2) is 48.5 Å². The predicted molar refractivity (Wildman–Crippen MR) is 110 cm³/mol. The van der Waals surface area contributed by atoms with E-state index in [-0.39, 0.29) is 13.0 Å². The van der Waals surface area contributed by atoms with Crippen LogP contribution in [0.1, 0.15) is 37.5 Å². The summed E-state index contributed by atoms with van der Waals surface area (Å²) in [5.74, 6) is -0.750. The predicted octanol–water partition coefficient (Wildman–Crippen LogP) is 5.54. The molecule has 31 heavy (non-hydrogen) atoms. The third-order valence-electron chi connectivity index (χ3n) is 3.97. The second-order valence-electron chi connectivity index (χ2n) is 7.81. The zero-order chi connectivity index (χ0) is 23.2. The third kappa shape index (κ3) is 8.13. The SMILES string of the molecule is CC(C)(C)OC(=O)C(Cc1ccc(C(F)(F)F)c(Cl)c1)NC(=O)OCc1ccccc1. The lowest BCUT2D eigenvalue weighted by atomic mass is 10.0. The van der Waals surface area contributed by atoms with Gasteiger partial charge in [0.1, 0.15) is 18.2 Å². The van der Waals surface area contributed by atoms with Crippen LogP contribution in [0, 0.1) is 0 Å². The maximum absolute atomic E-state index is 12.9. The van der Waals surface area contributed by atoms with Gasteiger partial charge in [0.2, 0.25) is 0 Å². The van der Waals surface area contributed by atoms with Crippen LogP contribution in [0.25, 0.3) is 0 Å². The van der Waals surface area contributed by atoms with Crippen molar-refractivity contribution in [2.45, 2.75) is 51.6 Å². The molecule has 0 radical (unpaired) electrons. The molecule has 1 N–H and O–H groups in total. The molecule has 9 heteroatoms. The maximum atomic E-state index is 12.9. The van der Waals surface area contributed by atoms with Crippen molar-refractivity contribution in [1.29, 1.82) is 0 Å². The molecular weight excluding hydrogens is 435 g/mol. The molecule has 0 aliphatic rings. The minimum atomic E-state index is -4.60. The Hall–Kier alpha value is -2.74. The van der Waals surface area contributed by atoms with E-state index in [2.05, 4.69) is 5.32 Å². The Labute approximate surface area is 183 Å². The van der Waals surface area contributed by atoms with Crippen molar-refractivity contribution in [3.8, 4) is 0 Å². The zero-order valence-corrected chi connectivity index (χ0v) is 18.0. The summed E-state index contributed by atoms with van der Waals surface area (Å²) >= 11 is 5.76. The molecular formula is C22H23ClF3NO4. The van der Waals surface area contributed by atoms with E-state index in [0.717, 1.165) is 17.7 Å². The van der Waals surface area contributed by atoms with Crippen molar-refractivity contribution >= 4 is 23.7 Å². The molecule has 1 atom stereocenters. The number of rotatable bonds is 6. The van der Waals surface area contributed by atoms with Crippen molar-refractivity contribution in [1.82, 2.24) is 5.32 Å². The summed E-state index contributed by atoms with van der Waals surface area (Å²) in [5, 5.41) is 1.92. The van der Waals surface area contributed by atoms with Gasteiger partial charge in [-0.1, -0.05) is 48.0 Å².